The second-order valence-electron chi connectivity index (χ2n) is 8.51. The zero-order chi connectivity index (χ0) is 26.2. The number of rotatable bonds is 12. The van der Waals surface area contributed by atoms with Crippen LogP contribution in [0.15, 0.2) is 48.0 Å². The fourth-order valence-corrected chi connectivity index (χ4v) is 4.35. The van der Waals surface area contributed by atoms with E-state index < -0.39 is 17.7 Å². The first-order valence-electron chi connectivity index (χ1n) is 12.4. The lowest BCUT2D eigenvalue weighted by Crippen LogP contribution is -2.38. The highest BCUT2D eigenvalue weighted by Gasteiger charge is 2.46. The summed E-state index contributed by atoms with van der Waals surface area (Å²) in [6.07, 6.45) is 0.887. The van der Waals surface area contributed by atoms with E-state index in [9.17, 15) is 14.7 Å². The highest BCUT2D eigenvalue weighted by atomic mass is 16.5. The first-order chi connectivity index (χ1) is 17.4. The van der Waals surface area contributed by atoms with Gasteiger partial charge in [-0.2, -0.15) is 0 Å². The maximum absolute atomic E-state index is 13.3. The lowest BCUT2D eigenvalue weighted by atomic mass is 9.95. The molecule has 3 rings (SSSR count). The SMILES string of the molecule is CCCOc1ccc(C2/C(=C(/O)c3ccc(OC)c(OC)c3)C(=O)C(=O)N2CCN(CC)CC)cc1. The largest absolute Gasteiger partial charge is 0.507 e. The van der Waals surface area contributed by atoms with Gasteiger partial charge in [-0.3, -0.25) is 9.59 Å². The molecule has 0 aromatic heterocycles. The van der Waals surface area contributed by atoms with Crippen LogP contribution >= 0.6 is 0 Å². The Balaban J connectivity index is 2.09. The van der Waals surface area contributed by atoms with Gasteiger partial charge in [-0.25, -0.2) is 0 Å². The fourth-order valence-electron chi connectivity index (χ4n) is 4.35. The number of carbonyl (C=O) groups is 2. The quantitative estimate of drug-likeness (QED) is 0.267. The molecule has 1 fully saturated rings. The van der Waals surface area contributed by atoms with Gasteiger partial charge in [-0.15, -0.1) is 0 Å². The minimum Gasteiger partial charge on any atom is -0.507 e. The predicted octanol–water partition coefficient (Wildman–Crippen LogP) is 4.26. The van der Waals surface area contributed by atoms with Crippen LogP contribution in [0.25, 0.3) is 5.76 Å². The number of carbonyl (C=O) groups excluding carboxylic acids is 2. The van der Waals surface area contributed by atoms with Crippen LogP contribution in [-0.4, -0.2) is 73.6 Å². The Kier molecular flexibility index (Phi) is 9.36. The van der Waals surface area contributed by atoms with Crippen molar-refractivity contribution in [3.8, 4) is 17.2 Å². The summed E-state index contributed by atoms with van der Waals surface area (Å²) in [7, 11) is 3.02. The Labute approximate surface area is 213 Å². The Morgan fingerprint density at radius 1 is 0.972 bits per heavy atom. The van der Waals surface area contributed by atoms with E-state index in [2.05, 4.69) is 18.7 Å². The van der Waals surface area contributed by atoms with Gasteiger partial charge in [0.1, 0.15) is 11.5 Å². The minimum absolute atomic E-state index is 0.0500. The van der Waals surface area contributed by atoms with Crippen molar-refractivity contribution in [1.29, 1.82) is 0 Å². The third kappa shape index (κ3) is 5.65. The normalized spacial score (nSPS) is 17.1. The van der Waals surface area contributed by atoms with Crippen molar-refractivity contribution >= 4 is 17.4 Å². The van der Waals surface area contributed by atoms with E-state index >= 15 is 0 Å². The molecule has 1 amide bonds. The van der Waals surface area contributed by atoms with Crippen molar-refractivity contribution in [2.24, 2.45) is 0 Å². The summed E-state index contributed by atoms with van der Waals surface area (Å²) in [6.45, 7) is 9.38. The summed E-state index contributed by atoms with van der Waals surface area (Å²) in [5, 5.41) is 11.3. The molecule has 194 valence electrons. The van der Waals surface area contributed by atoms with E-state index in [4.69, 9.17) is 14.2 Å². The molecule has 0 spiro atoms. The second-order valence-corrected chi connectivity index (χ2v) is 8.51. The van der Waals surface area contributed by atoms with Gasteiger partial charge in [0.05, 0.1) is 32.4 Å². The van der Waals surface area contributed by atoms with Gasteiger partial charge >= 0.3 is 0 Å². The van der Waals surface area contributed by atoms with E-state index in [-0.39, 0.29) is 11.3 Å². The number of ether oxygens (including phenoxy) is 3. The molecule has 1 unspecified atom stereocenters. The molecule has 8 heteroatoms. The summed E-state index contributed by atoms with van der Waals surface area (Å²) in [4.78, 5) is 30.2. The average Bonchev–Trinajstić information content (AvgIpc) is 3.16. The van der Waals surface area contributed by atoms with Crippen LogP contribution in [0.2, 0.25) is 0 Å². The summed E-state index contributed by atoms with van der Waals surface area (Å²) in [5.41, 5.74) is 1.14. The molecule has 1 aliphatic heterocycles. The van der Waals surface area contributed by atoms with Gasteiger partial charge in [0, 0.05) is 18.7 Å². The molecule has 0 saturated carbocycles. The fraction of sp³-hybridized carbons (Fsp3) is 0.429. The lowest BCUT2D eigenvalue weighted by Gasteiger charge is -2.28. The Bertz CT molecular complexity index is 1090. The Morgan fingerprint density at radius 2 is 1.64 bits per heavy atom. The molecule has 1 N–H and O–H groups in total. The van der Waals surface area contributed by atoms with E-state index in [0.717, 1.165) is 25.1 Å². The van der Waals surface area contributed by atoms with Gasteiger partial charge in [-0.05, 0) is 55.4 Å². The monoisotopic (exact) mass is 496 g/mol. The van der Waals surface area contributed by atoms with Crippen molar-refractivity contribution in [2.45, 2.75) is 33.2 Å². The van der Waals surface area contributed by atoms with Crippen LogP contribution in [-0.2, 0) is 9.59 Å². The number of nitrogens with zero attached hydrogens (tertiary/aromatic N) is 2. The Hall–Kier alpha value is -3.52. The molecule has 1 atom stereocenters. The molecule has 8 nitrogen and oxygen atoms in total. The maximum atomic E-state index is 13.3. The van der Waals surface area contributed by atoms with Crippen molar-refractivity contribution in [3.05, 3.63) is 59.2 Å². The Morgan fingerprint density at radius 3 is 2.22 bits per heavy atom. The topological polar surface area (TPSA) is 88.5 Å². The molecule has 1 aliphatic rings. The van der Waals surface area contributed by atoms with Crippen LogP contribution in [0, 0.1) is 0 Å². The molecule has 2 aromatic carbocycles. The number of hydrogen-bond donors (Lipinski definition) is 1. The van der Waals surface area contributed by atoms with Crippen LogP contribution < -0.4 is 14.2 Å². The zero-order valence-electron chi connectivity index (χ0n) is 21.7. The third-order valence-corrected chi connectivity index (χ3v) is 6.42. The number of hydrogen-bond acceptors (Lipinski definition) is 7. The minimum atomic E-state index is -0.728. The number of amides is 1. The third-order valence-electron chi connectivity index (χ3n) is 6.42. The van der Waals surface area contributed by atoms with Crippen LogP contribution in [0.5, 0.6) is 17.2 Å². The lowest BCUT2D eigenvalue weighted by molar-refractivity contribution is -0.140. The van der Waals surface area contributed by atoms with Gasteiger partial charge in [0.15, 0.2) is 11.5 Å². The summed E-state index contributed by atoms with van der Waals surface area (Å²) in [6, 6.07) is 11.5. The first kappa shape index (κ1) is 27.1. The van der Waals surface area contributed by atoms with Crippen molar-refractivity contribution in [3.63, 3.8) is 0 Å². The van der Waals surface area contributed by atoms with Gasteiger partial charge in [0.25, 0.3) is 11.7 Å². The first-order valence-corrected chi connectivity index (χ1v) is 12.4. The molecule has 0 bridgehead atoms. The van der Waals surface area contributed by atoms with Crippen LogP contribution in [0.1, 0.15) is 44.4 Å². The van der Waals surface area contributed by atoms with Gasteiger partial charge in [-0.1, -0.05) is 32.9 Å². The van der Waals surface area contributed by atoms with E-state index in [0.29, 0.717) is 42.5 Å². The number of benzene rings is 2. The highest BCUT2D eigenvalue weighted by Crippen LogP contribution is 2.41. The maximum Gasteiger partial charge on any atom is 0.295 e. The van der Waals surface area contributed by atoms with Gasteiger partial charge < -0.3 is 29.1 Å². The summed E-state index contributed by atoms with van der Waals surface area (Å²) in [5.74, 6) is 0.0226. The second kappa shape index (κ2) is 12.4. The number of likely N-dealkylation sites (tertiary alicyclic amines) is 1. The van der Waals surface area contributed by atoms with E-state index in [1.807, 2.05) is 31.2 Å². The number of Topliss-reactive ketones (excluding diaryl/α,β-unsaturated/α-hetero) is 1. The smallest absolute Gasteiger partial charge is 0.295 e. The molecule has 2 aromatic rings. The van der Waals surface area contributed by atoms with Crippen molar-refractivity contribution < 1.29 is 28.9 Å². The van der Waals surface area contributed by atoms with Crippen molar-refractivity contribution in [2.75, 3.05) is 47.0 Å². The molecule has 0 aliphatic carbocycles. The van der Waals surface area contributed by atoms with Crippen LogP contribution in [0.3, 0.4) is 0 Å². The summed E-state index contributed by atoms with van der Waals surface area (Å²) < 4.78 is 16.4. The number of aliphatic hydroxyl groups excluding tert-OH is 1. The molecule has 1 heterocycles. The highest BCUT2D eigenvalue weighted by molar-refractivity contribution is 6.46. The number of ketones is 1. The zero-order valence-corrected chi connectivity index (χ0v) is 21.7. The van der Waals surface area contributed by atoms with E-state index in [1.54, 1.807) is 23.1 Å². The molecule has 0 radical (unpaired) electrons. The van der Waals surface area contributed by atoms with Crippen LogP contribution in [0.4, 0.5) is 0 Å². The molecular formula is C28H36N2O6. The number of aliphatic hydroxyl groups is 1. The standard InChI is InChI=1S/C28H36N2O6/c1-6-17-36-21-12-9-19(10-13-21)25-24(26(31)20-11-14-22(34-4)23(18-20)35-5)27(32)28(33)30(25)16-15-29(7-2)8-3/h9-14,18,25,31H,6-8,15-17H2,1-5H3/b26-24-. The number of likely N-dealkylation sites (N-methyl/N-ethyl adjacent to an activating group) is 1. The average molecular weight is 497 g/mol. The molecule has 1 saturated heterocycles. The predicted molar refractivity (Wildman–Crippen MR) is 139 cm³/mol. The summed E-state index contributed by atoms with van der Waals surface area (Å²) >= 11 is 0. The molecular weight excluding hydrogens is 460 g/mol. The number of methoxy groups -OCH3 is 2. The van der Waals surface area contributed by atoms with E-state index in [1.165, 1.54) is 14.2 Å². The van der Waals surface area contributed by atoms with Gasteiger partial charge in [0.2, 0.25) is 0 Å². The van der Waals surface area contributed by atoms with Crippen molar-refractivity contribution in [1.82, 2.24) is 9.80 Å². The molecule has 36 heavy (non-hydrogen) atoms.